The molecule has 0 aromatic heterocycles. The third-order valence-corrected chi connectivity index (χ3v) is 7.01. The normalized spacial score (nSPS) is 15.8. The average molecular weight is 631 g/mol. The molecule has 8 nitrogen and oxygen atoms in total. The molecule has 1 aliphatic heterocycles. The number of hydrogen-bond acceptors (Lipinski definition) is 6. The minimum Gasteiger partial charge on any atom is -1.00 e. The van der Waals surface area contributed by atoms with Gasteiger partial charge in [0, 0.05) is 43.4 Å². The number of amides is 2. The molecule has 3 unspecified atom stereocenters. The van der Waals surface area contributed by atoms with Crippen molar-refractivity contribution in [2.24, 2.45) is 0 Å². The van der Waals surface area contributed by atoms with Crippen LogP contribution in [0, 0.1) is 5.82 Å². The number of alkyl halides is 2. The Kier molecular flexibility index (Phi) is 15.2. The maximum absolute atomic E-state index is 13.6. The third-order valence-electron chi connectivity index (χ3n) is 6.67. The molecule has 0 spiro atoms. The standard InChI is InChI=1S/C29H37Cl2FN4O4.ClH/c1-2-40-29(39)26(18-20-8-10-22(32)11-9-20)35-28(38)25(34-27(37)24-7-4-14-33-24)19-21-5-3-6-23(17-21)36(15-12-30)16-13-31;/h3,5-6,8-11,17,24-26,33H,2,4,7,12-16,18-19H2,1H3,(H,34,37)(H,35,38);1H/p-1. The van der Waals surface area contributed by atoms with Gasteiger partial charge in [0.1, 0.15) is 17.9 Å². The summed E-state index contributed by atoms with van der Waals surface area (Å²) in [6.45, 7) is 3.76. The van der Waals surface area contributed by atoms with Gasteiger partial charge in [-0.3, -0.25) is 9.59 Å². The second-order valence-corrected chi connectivity index (χ2v) is 10.3. The van der Waals surface area contributed by atoms with E-state index < -0.39 is 29.8 Å². The lowest BCUT2D eigenvalue weighted by atomic mass is 10.0. The van der Waals surface area contributed by atoms with Gasteiger partial charge in [-0.2, -0.15) is 0 Å². The summed E-state index contributed by atoms with van der Waals surface area (Å²) in [5.41, 5.74) is 2.38. The van der Waals surface area contributed by atoms with Crippen LogP contribution in [-0.2, 0) is 32.0 Å². The number of benzene rings is 2. The van der Waals surface area contributed by atoms with E-state index in [4.69, 9.17) is 27.9 Å². The van der Waals surface area contributed by atoms with Crippen LogP contribution in [0.2, 0.25) is 0 Å². The maximum Gasteiger partial charge on any atom is 0.328 e. The van der Waals surface area contributed by atoms with Crippen LogP contribution in [0.1, 0.15) is 30.9 Å². The van der Waals surface area contributed by atoms with Crippen molar-refractivity contribution >= 4 is 46.7 Å². The van der Waals surface area contributed by atoms with Crippen LogP contribution in [0.25, 0.3) is 0 Å². The number of nitrogens with zero attached hydrogens (tertiary/aromatic N) is 1. The first-order chi connectivity index (χ1) is 19.3. The Hall–Kier alpha value is -2.59. The Balaban J connectivity index is 0.00000588. The minimum atomic E-state index is -1.02. The summed E-state index contributed by atoms with van der Waals surface area (Å²) in [5.74, 6) is -0.940. The maximum atomic E-state index is 13.6. The van der Waals surface area contributed by atoms with Crippen LogP contribution in [-0.4, -0.2) is 73.9 Å². The second kappa shape index (κ2) is 18.1. The molecule has 226 valence electrons. The molecular weight excluding hydrogens is 594 g/mol. The van der Waals surface area contributed by atoms with Crippen molar-refractivity contribution in [1.29, 1.82) is 0 Å². The second-order valence-electron chi connectivity index (χ2n) is 9.59. The van der Waals surface area contributed by atoms with E-state index in [9.17, 15) is 18.8 Å². The zero-order valence-electron chi connectivity index (χ0n) is 23.0. The summed E-state index contributed by atoms with van der Waals surface area (Å²) in [6, 6.07) is 11.0. The van der Waals surface area contributed by atoms with E-state index in [1.54, 1.807) is 19.1 Å². The molecule has 1 fully saturated rings. The fourth-order valence-corrected chi connectivity index (χ4v) is 5.05. The lowest BCUT2D eigenvalue weighted by Gasteiger charge is -2.25. The number of halogens is 4. The van der Waals surface area contributed by atoms with Gasteiger partial charge in [-0.25, -0.2) is 9.18 Å². The largest absolute Gasteiger partial charge is 1.00 e. The highest BCUT2D eigenvalue weighted by molar-refractivity contribution is 6.18. The number of anilines is 1. The number of carbonyl (C=O) groups is 3. The van der Waals surface area contributed by atoms with Crippen molar-refractivity contribution in [3.05, 3.63) is 65.5 Å². The van der Waals surface area contributed by atoms with Crippen LogP contribution in [0.15, 0.2) is 48.5 Å². The Labute approximate surface area is 257 Å². The number of carbonyl (C=O) groups excluding carboxylic acids is 3. The van der Waals surface area contributed by atoms with Crippen molar-refractivity contribution in [2.45, 2.75) is 50.7 Å². The van der Waals surface area contributed by atoms with Gasteiger partial charge in [0.25, 0.3) is 0 Å². The zero-order chi connectivity index (χ0) is 28.9. The molecule has 3 rings (SSSR count). The SMILES string of the molecule is CCOC(=O)C(Cc1ccc(F)cc1)NC(=O)C(Cc1cccc(N(CCCl)CCCl)c1)NC(=O)C1CCCN1.[Cl-]. The molecular formula is C29H37Cl3FN4O4-. The molecule has 2 aromatic rings. The lowest BCUT2D eigenvalue weighted by molar-refractivity contribution is -0.147. The molecule has 2 aromatic carbocycles. The zero-order valence-corrected chi connectivity index (χ0v) is 25.3. The van der Waals surface area contributed by atoms with E-state index in [0.29, 0.717) is 36.8 Å². The van der Waals surface area contributed by atoms with Gasteiger partial charge in [0.15, 0.2) is 0 Å². The summed E-state index contributed by atoms with van der Waals surface area (Å²) >= 11 is 12.0. The van der Waals surface area contributed by atoms with Crippen LogP contribution in [0.3, 0.4) is 0 Å². The summed E-state index contributed by atoms with van der Waals surface area (Å²) in [5, 5.41) is 8.80. The quantitative estimate of drug-likeness (QED) is 0.192. The molecule has 1 heterocycles. The van der Waals surface area contributed by atoms with Gasteiger partial charge in [-0.15, -0.1) is 23.2 Å². The highest BCUT2D eigenvalue weighted by Gasteiger charge is 2.31. The van der Waals surface area contributed by atoms with Crippen molar-refractivity contribution in [1.82, 2.24) is 16.0 Å². The minimum absolute atomic E-state index is 0. The fraction of sp³-hybridized carbons (Fsp3) is 0.483. The van der Waals surface area contributed by atoms with E-state index in [2.05, 4.69) is 20.9 Å². The van der Waals surface area contributed by atoms with Crippen LogP contribution >= 0.6 is 23.2 Å². The summed E-state index contributed by atoms with van der Waals surface area (Å²) in [6.07, 6.45) is 1.85. The van der Waals surface area contributed by atoms with Gasteiger partial charge in [0.2, 0.25) is 11.8 Å². The lowest BCUT2D eigenvalue weighted by Crippen LogP contribution is -3.00. The highest BCUT2D eigenvalue weighted by atomic mass is 35.5. The van der Waals surface area contributed by atoms with Crippen molar-refractivity contribution in [3.8, 4) is 0 Å². The predicted molar refractivity (Wildman–Crippen MR) is 155 cm³/mol. The number of esters is 1. The van der Waals surface area contributed by atoms with Crippen LogP contribution < -0.4 is 33.3 Å². The van der Waals surface area contributed by atoms with Crippen LogP contribution in [0.4, 0.5) is 10.1 Å². The van der Waals surface area contributed by atoms with E-state index >= 15 is 0 Å². The van der Waals surface area contributed by atoms with E-state index in [1.807, 2.05) is 24.3 Å². The average Bonchev–Trinajstić information content (AvgIpc) is 3.49. The molecule has 0 bridgehead atoms. The summed E-state index contributed by atoms with van der Waals surface area (Å²) in [4.78, 5) is 41.5. The van der Waals surface area contributed by atoms with Crippen LogP contribution in [0.5, 0.6) is 0 Å². The summed E-state index contributed by atoms with van der Waals surface area (Å²) in [7, 11) is 0. The molecule has 12 heteroatoms. The van der Waals surface area contributed by atoms with Gasteiger partial charge >= 0.3 is 5.97 Å². The predicted octanol–water partition coefficient (Wildman–Crippen LogP) is 0.184. The first-order valence-electron chi connectivity index (χ1n) is 13.6. The van der Waals surface area contributed by atoms with Gasteiger partial charge in [-0.05, 0) is 61.7 Å². The van der Waals surface area contributed by atoms with Crippen molar-refractivity contribution in [2.75, 3.05) is 42.9 Å². The van der Waals surface area contributed by atoms with E-state index in [-0.39, 0.29) is 43.8 Å². The molecule has 0 saturated carbocycles. The van der Waals surface area contributed by atoms with Crippen molar-refractivity contribution < 1.29 is 35.9 Å². The Morgan fingerprint density at radius 3 is 2.32 bits per heavy atom. The molecule has 3 N–H and O–H groups in total. The molecule has 1 saturated heterocycles. The Bertz CT molecular complexity index is 1110. The number of ether oxygens (including phenoxy) is 1. The molecule has 0 radical (unpaired) electrons. The molecule has 3 atom stereocenters. The van der Waals surface area contributed by atoms with Crippen molar-refractivity contribution in [3.63, 3.8) is 0 Å². The Morgan fingerprint density at radius 1 is 1.02 bits per heavy atom. The highest BCUT2D eigenvalue weighted by Crippen LogP contribution is 2.18. The number of rotatable bonds is 15. The molecule has 1 aliphatic rings. The van der Waals surface area contributed by atoms with Gasteiger partial charge in [-0.1, -0.05) is 24.3 Å². The first kappa shape index (κ1) is 34.6. The van der Waals surface area contributed by atoms with E-state index in [0.717, 1.165) is 24.2 Å². The Morgan fingerprint density at radius 2 is 1.71 bits per heavy atom. The smallest absolute Gasteiger partial charge is 0.328 e. The number of nitrogens with one attached hydrogen (secondary N) is 3. The molecule has 2 amide bonds. The molecule has 41 heavy (non-hydrogen) atoms. The van der Waals surface area contributed by atoms with E-state index in [1.165, 1.54) is 12.1 Å². The third kappa shape index (κ3) is 11.0. The first-order valence-corrected chi connectivity index (χ1v) is 14.6. The fourth-order valence-electron chi connectivity index (χ4n) is 4.64. The van der Waals surface area contributed by atoms with Gasteiger partial charge in [0.05, 0.1) is 12.6 Å². The summed E-state index contributed by atoms with van der Waals surface area (Å²) < 4.78 is 18.6. The topological polar surface area (TPSA) is 99.8 Å². The van der Waals surface area contributed by atoms with Gasteiger partial charge < -0.3 is 38.0 Å². The number of hydrogen-bond donors (Lipinski definition) is 3. The monoisotopic (exact) mass is 629 g/mol. The molecule has 0 aliphatic carbocycles.